The molecule has 5 heteroatoms. The lowest BCUT2D eigenvalue weighted by molar-refractivity contribution is 0.462. The fourth-order valence-electron chi connectivity index (χ4n) is 2.88. The number of aryl methyl sites for hydroxylation is 1. The van der Waals surface area contributed by atoms with Crippen LogP contribution in [0.3, 0.4) is 0 Å². The van der Waals surface area contributed by atoms with Gasteiger partial charge in [0.2, 0.25) is 0 Å². The summed E-state index contributed by atoms with van der Waals surface area (Å²) < 4.78 is 14.9. The van der Waals surface area contributed by atoms with Crippen molar-refractivity contribution in [2.45, 2.75) is 45.3 Å². The summed E-state index contributed by atoms with van der Waals surface area (Å²) in [5.41, 5.74) is 3.57. The molecule has 1 aliphatic rings. The van der Waals surface area contributed by atoms with Crippen molar-refractivity contribution in [3.8, 4) is 0 Å². The van der Waals surface area contributed by atoms with Crippen LogP contribution >= 0.6 is 0 Å². The molecule has 0 radical (unpaired) electrons. The second kappa shape index (κ2) is 6.83. The van der Waals surface area contributed by atoms with Crippen LogP contribution in [-0.4, -0.2) is 21.0 Å². The second-order valence-corrected chi connectivity index (χ2v) is 5.63. The first kappa shape index (κ1) is 14.9. The first-order valence-electron chi connectivity index (χ1n) is 7.82. The van der Waals surface area contributed by atoms with Gasteiger partial charge in [-0.2, -0.15) is 0 Å². The van der Waals surface area contributed by atoms with E-state index in [4.69, 9.17) is 0 Å². The molecule has 4 nitrogen and oxygen atoms in total. The molecule has 1 atom stereocenters. The molecule has 116 valence electrons. The van der Waals surface area contributed by atoms with Crippen molar-refractivity contribution >= 4 is 5.57 Å². The molecule has 22 heavy (non-hydrogen) atoms. The Morgan fingerprint density at radius 2 is 2.14 bits per heavy atom. The van der Waals surface area contributed by atoms with Crippen LogP contribution < -0.4 is 5.32 Å². The molecule has 1 N–H and O–H groups in total. The molecule has 0 bridgehead atoms. The van der Waals surface area contributed by atoms with Crippen molar-refractivity contribution in [3.63, 3.8) is 0 Å². The smallest absolute Gasteiger partial charge is 0.123 e. The van der Waals surface area contributed by atoms with Gasteiger partial charge < -0.3 is 5.32 Å². The Labute approximate surface area is 130 Å². The zero-order valence-electron chi connectivity index (χ0n) is 12.8. The number of benzene rings is 1. The number of aromatic nitrogens is 3. The molecule has 0 aliphatic heterocycles. The van der Waals surface area contributed by atoms with Crippen LogP contribution in [0.15, 0.2) is 36.5 Å². The third kappa shape index (κ3) is 3.42. The maximum atomic E-state index is 13.0. The standard InChI is InChI=1S/C17H21FN4/c1-2-22-17(12-20-21-22)11-19-16-9-5-14(6-10-16)13-3-7-15(18)8-4-13/h3-5,7-8,12,16,19H,2,6,9-11H2,1H3. The van der Waals surface area contributed by atoms with E-state index in [2.05, 4.69) is 28.6 Å². The van der Waals surface area contributed by atoms with E-state index in [1.165, 1.54) is 17.7 Å². The summed E-state index contributed by atoms with van der Waals surface area (Å²) in [7, 11) is 0. The summed E-state index contributed by atoms with van der Waals surface area (Å²) in [6.07, 6.45) is 7.20. The lowest BCUT2D eigenvalue weighted by atomic mass is 9.91. The lowest BCUT2D eigenvalue weighted by Gasteiger charge is -2.23. The van der Waals surface area contributed by atoms with Gasteiger partial charge in [-0.3, -0.25) is 0 Å². The Balaban J connectivity index is 1.56. The third-order valence-electron chi connectivity index (χ3n) is 4.20. The summed E-state index contributed by atoms with van der Waals surface area (Å²) in [5, 5.41) is 11.6. The molecule has 0 saturated heterocycles. The van der Waals surface area contributed by atoms with Crippen molar-refractivity contribution < 1.29 is 4.39 Å². The van der Waals surface area contributed by atoms with E-state index >= 15 is 0 Å². The molecule has 1 aliphatic carbocycles. The van der Waals surface area contributed by atoms with Crippen LogP contribution in [0.4, 0.5) is 4.39 Å². The fourth-order valence-corrected chi connectivity index (χ4v) is 2.88. The molecule has 1 unspecified atom stereocenters. The van der Waals surface area contributed by atoms with Gasteiger partial charge in [0.05, 0.1) is 11.9 Å². The lowest BCUT2D eigenvalue weighted by Crippen LogP contribution is -2.30. The van der Waals surface area contributed by atoms with Gasteiger partial charge in [0.25, 0.3) is 0 Å². The van der Waals surface area contributed by atoms with E-state index in [0.29, 0.717) is 6.04 Å². The van der Waals surface area contributed by atoms with Gasteiger partial charge in [-0.05, 0) is 49.5 Å². The first-order valence-corrected chi connectivity index (χ1v) is 7.82. The van der Waals surface area contributed by atoms with Crippen molar-refractivity contribution in [1.82, 2.24) is 20.3 Å². The van der Waals surface area contributed by atoms with Crippen molar-refractivity contribution in [2.24, 2.45) is 0 Å². The van der Waals surface area contributed by atoms with Crippen LogP contribution in [0.25, 0.3) is 5.57 Å². The Kier molecular flexibility index (Phi) is 4.63. The van der Waals surface area contributed by atoms with Crippen LogP contribution in [0.5, 0.6) is 0 Å². The highest BCUT2D eigenvalue weighted by Crippen LogP contribution is 2.27. The van der Waals surface area contributed by atoms with E-state index < -0.39 is 0 Å². The zero-order valence-corrected chi connectivity index (χ0v) is 12.8. The van der Waals surface area contributed by atoms with Crippen LogP contribution in [0, 0.1) is 5.82 Å². The molecule has 0 fully saturated rings. The van der Waals surface area contributed by atoms with Gasteiger partial charge in [0, 0.05) is 19.1 Å². The minimum absolute atomic E-state index is 0.180. The molecule has 0 spiro atoms. The van der Waals surface area contributed by atoms with Crippen molar-refractivity contribution in [3.05, 3.63) is 53.6 Å². The molecule has 1 aromatic heterocycles. The molecular weight excluding hydrogens is 279 g/mol. The number of rotatable bonds is 5. The average Bonchev–Trinajstić information content (AvgIpc) is 3.02. The fraction of sp³-hybridized carbons (Fsp3) is 0.412. The van der Waals surface area contributed by atoms with E-state index in [1.807, 2.05) is 23.0 Å². The quantitative estimate of drug-likeness (QED) is 0.922. The predicted octanol–water partition coefficient (Wildman–Crippen LogP) is 3.16. The summed E-state index contributed by atoms with van der Waals surface area (Å²) in [4.78, 5) is 0. The number of halogens is 1. The maximum absolute atomic E-state index is 13.0. The summed E-state index contributed by atoms with van der Waals surface area (Å²) in [6, 6.07) is 7.25. The van der Waals surface area contributed by atoms with Crippen LogP contribution in [0.2, 0.25) is 0 Å². The topological polar surface area (TPSA) is 42.7 Å². The van der Waals surface area contributed by atoms with E-state index in [1.54, 1.807) is 0 Å². The highest BCUT2D eigenvalue weighted by Gasteiger charge is 2.15. The SMILES string of the molecule is CCn1nncc1CNC1CC=C(c2ccc(F)cc2)CC1. The first-order chi connectivity index (χ1) is 10.8. The summed E-state index contributed by atoms with van der Waals surface area (Å²) in [6.45, 7) is 3.71. The minimum atomic E-state index is -0.180. The van der Waals surface area contributed by atoms with E-state index in [9.17, 15) is 4.39 Å². The minimum Gasteiger partial charge on any atom is -0.308 e. The summed E-state index contributed by atoms with van der Waals surface area (Å²) in [5.74, 6) is -0.180. The Morgan fingerprint density at radius 1 is 1.32 bits per heavy atom. The van der Waals surface area contributed by atoms with Crippen molar-refractivity contribution in [1.29, 1.82) is 0 Å². The maximum Gasteiger partial charge on any atom is 0.123 e. The van der Waals surface area contributed by atoms with E-state index in [-0.39, 0.29) is 5.82 Å². The van der Waals surface area contributed by atoms with Gasteiger partial charge in [0.15, 0.2) is 0 Å². The number of nitrogens with zero attached hydrogens (tertiary/aromatic N) is 3. The normalized spacial score (nSPS) is 18.3. The Morgan fingerprint density at radius 3 is 2.82 bits per heavy atom. The molecule has 1 aromatic carbocycles. The third-order valence-corrected chi connectivity index (χ3v) is 4.20. The zero-order chi connectivity index (χ0) is 15.4. The highest BCUT2D eigenvalue weighted by molar-refractivity contribution is 5.66. The molecule has 1 heterocycles. The summed E-state index contributed by atoms with van der Waals surface area (Å²) >= 11 is 0. The van der Waals surface area contributed by atoms with Crippen LogP contribution in [-0.2, 0) is 13.1 Å². The largest absolute Gasteiger partial charge is 0.308 e. The Hall–Kier alpha value is -2.01. The molecule has 0 saturated carbocycles. The molecule has 3 rings (SSSR count). The Bertz CT molecular complexity index is 645. The van der Waals surface area contributed by atoms with E-state index in [0.717, 1.165) is 43.6 Å². The predicted molar refractivity (Wildman–Crippen MR) is 84.6 cm³/mol. The monoisotopic (exact) mass is 300 g/mol. The van der Waals surface area contributed by atoms with Crippen molar-refractivity contribution in [2.75, 3.05) is 0 Å². The van der Waals surface area contributed by atoms with Gasteiger partial charge in [0.1, 0.15) is 5.82 Å². The average molecular weight is 300 g/mol. The molecule has 0 amide bonds. The van der Waals surface area contributed by atoms with Gasteiger partial charge in [-0.25, -0.2) is 9.07 Å². The number of allylic oxidation sites excluding steroid dienone is 1. The molecule has 2 aromatic rings. The highest BCUT2D eigenvalue weighted by atomic mass is 19.1. The number of hydrogen-bond acceptors (Lipinski definition) is 3. The number of nitrogens with one attached hydrogen (secondary N) is 1. The second-order valence-electron chi connectivity index (χ2n) is 5.63. The van der Waals surface area contributed by atoms with Gasteiger partial charge in [-0.1, -0.05) is 23.4 Å². The molecular formula is C17H21FN4. The number of hydrogen-bond donors (Lipinski definition) is 1. The van der Waals surface area contributed by atoms with Crippen LogP contribution in [0.1, 0.15) is 37.4 Å². The van der Waals surface area contributed by atoms with Gasteiger partial charge in [-0.15, -0.1) is 5.10 Å². The van der Waals surface area contributed by atoms with Gasteiger partial charge >= 0.3 is 0 Å².